The number of para-hydroxylation sites is 1. The summed E-state index contributed by atoms with van der Waals surface area (Å²) in [6.45, 7) is 0.747. The number of carboxylic acid groups (broad SMARTS) is 1. The first-order chi connectivity index (χ1) is 19.6. The molecule has 0 spiro atoms. The van der Waals surface area contributed by atoms with Crippen LogP contribution >= 0.6 is 0 Å². The number of carboxylic acids is 1. The van der Waals surface area contributed by atoms with Crippen molar-refractivity contribution in [1.82, 2.24) is 20.9 Å². The van der Waals surface area contributed by atoms with E-state index in [0.29, 0.717) is 38.8 Å². The van der Waals surface area contributed by atoms with Gasteiger partial charge in [0.15, 0.2) is 0 Å². The van der Waals surface area contributed by atoms with Crippen LogP contribution in [0, 0.1) is 0 Å². The standard InChI is InChI=1S/C27H42N8O6/c28-11-5-3-9-20(33-24(37)18(30)13-16-15-32-19-8-2-1-7-17(16)19)25(38)34-21(10-4-6-12-29)26(39)35-22(27(40)41)14-23(31)36/h1-2,7-8,15,18,20-22,32H,3-6,9-14,28-30H2,(H2,31,36)(H,33,37)(H,34,38)(H,35,39)(H,40,41). The molecule has 0 saturated heterocycles. The van der Waals surface area contributed by atoms with Crippen LogP contribution in [-0.4, -0.2) is 76.9 Å². The number of nitrogens with two attached hydrogens (primary N) is 4. The molecule has 1 aromatic carbocycles. The van der Waals surface area contributed by atoms with Gasteiger partial charge in [-0.3, -0.25) is 19.2 Å². The average Bonchev–Trinajstić information content (AvgIpc) is 3.33. The Balaban J connectivity index is 2.14. The number of aliphatic carboxylic acids is 1. The molecule has 1 aromatic heterocycles. The number of aromatic amines is 1. The lowest BCUT2D eigenvalue weighted by Crippen LogP contribution is -2.57. The number of amides is 4. The fourth-order valence-corrected chi connectivity index (χ4v) is 4.38. The summed E-state index contributed by atoms with van der Waals surface area (Å²) < 4.78 is 0. The Morgan fingerprint density at radius 2 is 1.34 bits per heavy atom. The molecular weight excluding hydrogens is 532 g/mol. The molecule has 4 atom stereocenters. The molecule has 1 heterocycles. The second-order valence-electron chi connectivity index (χ2n) is 9.93. The third-order valence-corrected chi connectivity index (χ3v) is 6.63. The van der Waals surface area contributed by atoms with Crippen molar-refractivity contribution in [3.8, 4) is 0 Å². The highest BCUT2D eigenvalue weighted by Gasteiger charge is 2.30. The van der Waals surface area contributed by atoms with Gasteiger partial charge in [-0.2, -0.15) is 0 Å². The van der Waals surface area contributed by atoms with Crippen molar-refractivity contribution in [2.75, 3.05) is 13.1 Å². The lowest BCUT2D eigenvalue weighted by atomic mass is 10.0. The highest BCUT2D eigenvalue weighted by atomic mass is 16.4. The maximum Gasteiger partial charge on any atom is 0.326 e. The minimum Gasteiger partial charge on any atom is -0.480 e. The monoisotopic (exact) mass is 574 g/mol. The van der Waals surface area contributed by atoms with Crippen molar-refractivity contribution in [3.63, 3.8) is 0 Å². The SMILES string of the molecule is NCCCCC(NC(=O)C(N)Cc1c[nH]c2ccccc12)C(=O)NC(CCCCN)C(=O)NC(CC(N)=O)C(=O)O. The smallest absolute Gasteiger partial charge is 0.326 e. The van der Waals surface area contributed by atoms with Gasteiger partial charge < -0.3 is 49.0 Å². The van der Waals surface area contributed by atoms with E-state index in [2.05, 4.69) is 20.9 Å². The predicted octanol–water partition coefficient (Wildman–Crippen LogP) is -1.29. The van der Waals surface area contributed by atoms with E-state index >= 15 is 0 Å². The van der Waals surface area contributed by atoms with Crippen LogP contribution in [0.2, 0.25) is 0 Å². The molecule has 0 radical (unpaired) electrons. The third kappa shape index (κ3) is 10.8. The molecule has 0 saturated carbocycles. The number of benzene rings is 1. The summed E-state index contributed by atoms with van der Waals surface area (Å²) in [6, 6.07) is 2.94. The molecule has 13 N–H and O–H groups in total. The van der Waals surface area contributed by atoms with Crippen molar-refractivity contribution < 1.29 is 29.1 Å². The first kappa shape index (κ1) is 33.2. The number of H-pyrrole nitrogens is 1. The third-order valence-electron chi connectivity index (χ3n) is 6.63. The lowest BCUT2D eigenvalue weighted by Gasteiger charge is -2.25. The van der Waals surface area contributed by atoms with Crippen LogP contribution in [0.25, 0.3) is 10.9 Å². The molecule has 0 bridgehead atoms. The zero-order valence-corrected chi connectivity index (χ0v) is 23.1. The zero-order valence-electron chi connectivity index (χ0n) is 23.1. The van der Waals surface area contributed by atoms with E-state index in [1.807, 2.05) is 24.3 Å². The van der Waals surface area contributed by atoms with E-state index in [-0.39, 0.29) is 19.3 Å². The Morgan fingerprint density at radius 3 is 1.88 bits per heavy atom. The van der Waals surface area contributed by atoms with E-state index in [4.69, 9.17) is 22.9 Å². The van der Waals surface area contributed by atoms with Crippen LogP contribution in [0.5, 0.6) is 0 Å². The molecular formula is C27H42N8O6. The predicted molar refractivity (Wildman–Crippen MR) is 153 cm³/mol. The van der Waals surface area contributed by atoms with Crippen LogP contribution in [-0.2, 0) is 30.4 Å². The van der Waals surface area contributed by atoms with Crippen LogP contribution in [0.4, 0.5) is 0 Å². The normalized spacial score (nSPS) is 14.0. The fraction of sp³-hybridized carbons (Fsp3) is 0.519. The number of unbranched alkanes of at least 4 members (excludes halogenated alkanes) is 2. The number of hydrogen-bond donors (Lipinski definition) is 9. The molecule has 2 rings (SSSR count). The summed E-state index contributed by atoms with van der Waals surface area (Å²) >= 11 is 0. The Morgan fingerprint density at radius 1 is 0.805 bits per heavy atom. The van der Waals surface area contributed by atoms with E-state index in [9.17, 15) is 29.1 Å². The maximum atomic E-state index is 13.3. The lowest BCUT2D eigenvalue weighted by molar-refractivity contribution is -0.143. The zero-order chi connectivity index (χ0) is 30.4. The van der Waals surface area contributed by atoms with Crippen LogP contribution < -0.4 is 38.9 Å². The highest BCUT2D eigenvalue weighted by molar-refractivity contribution is 5.95. The second-order valence-corrected chi connectivity index (χ2v) is 9.93. The first-order valence-corrected chi connectivity index (χ1v) is 13.7. The van der Waals surface area contributed by atoms with Crippen LogP contribution in [0.1, 0.15) is 50.5 Å². The molecule has 0 fully saturated rings. The number of rotatable bonds is 19. The molecule has 226 valence electrons. The number of carbonyl (C=O) groups is 5. The van der Waals surface area contributed by atoms with Crippen molar-refractivity contribution in [1.29, 1.82) is 0 Å². The second kappa shape index (κ2) is 16.9. The Labute approximate surface area is 238 Å². The van der Waals surface area contributed by atoms with Gasteiger partial charge in [-0.05, 0) is 69.7 Å². The number of nitrogens with one attached hydrogen (secondary N) is 4. The molecule has 0 aliphatic heterocycles. The summed E-state index contributed by atoms with van der Waals surface area (Å²) in [4.78, 5) is 65.3. The summed E-state index contributed by atoms with van der Waals surface area (Å²) in [7, 11) is 0. The maximum absolute atomic E-state index is 13.3. The molecule has 4 unspecified atom stereocenters. The minimum absolute atomic E-state index is 0.154. The van der Waals surface area contributed by atoms with Crippen molar-refractivity contribution in [2.24, 2.45) is 22.9 Å². The summed E-state index contributed by atoms with van der Waals surface area (Å²) in [5, 5.41) is 17.9. The number of aromatic nitrogens is 1. The summed E-state index contributed by atoms with van der Waals surface area (Å²) in [5.74, 6) is -4.33. The molecule has 14 heteroatoms. The van der Waals surface area contributed by atoms with Crippen molar-refractivity contribution >= 4 is 40.5 Å². The summed E-state index contributed by atoms with van der Waals surface area (Å²) in [6.07, 6.45) is 3.95. The van der Waals surface area contributed by atoms with Gasteiger partial charge >= 0.3 is 5.97 Å². The van der Waals surface area contributed by atoms with Gasteiger partial charge in [-0.25, -0.2) is 4.79 Å². The van der Waals surface area contributed by atoms with Crippen molar-refractivity contribution in [3.05, 3.63) is 36.0 Å². The fourth-order valence-electron chi connectivity index (χ4n) is 4.38. The highest BCUT2D eigenvalue weighted by Crippen LogP contribution is 2.19. The molecule has 0 aliphatic rings. The molecule has 2 aromatic rings. The molecule has 14 nitrogen and oxygen atoms in total. The van der Waals surface area contributed by atoms with Gasteiger partial charge in [0, 0.05) is 17.1 Å². The van der Waals surface area contributed by atoms with Crippen LogP contribution in [0.3, 0.4) is 0 Å². The minimum atomic E-state index is -1.56. The van der Waals surface area contributed by atoms with Crippen LogP contribution in [0.15, 0.2) is 30.5 Å². The molecule has 0 aliphatic carbocycles. The molecule has 4 amide bonds. The number of hydrogen-bond acceptors (Lipinski definition) is 8. The number of primary amides is 1. The van der Waals surface area contributed by atoms with E-state index in [1.165, 1.54) is 0 Å². The van der Waals surface area contributed by atoms with Gasteiger partial charge in [-0.1, -0.05) is 18.2 Å². The average molecular weight is 575 g/mol. The van der Waals surface area contributed by atoms with Gasteiger partial charge in [0.25, 0.3) is 0 Å². The van der Waals surface area contributed by atoms with E-state index < -0.39 is 60.2 Å². The Bertz CT molecular complexity index is 1190. The van der Waals surface area contributed by atoms with E-state index in [0.717, 1.165) is 16.5 Å². The number of carbonyl (C=O) groups excluding carboxylic acids is 4. The van der Waals surface area contributed by atoms with Gasteiger partial charge in [-0.15, -0.1) is 0 Å². The largest absolute Gasteiger partial charge is 0.480 e. The van der Waals surface area contributed by atoms with Gasteiger partial charge in [0.1, 0.15) is 18.1 Å². The van der Waals surface area contributed by atoms with Gasteiger partial charge in [0.05, 0.1) is 12.5 Å². The van der Waals surface area contributed by atoms with Crippen molar-refractivity contribution in [2.45, 2.75) is 75.5 Å². The Hall–Kier alpha value is -4.01. The molecule has 41 heavy (non-hydrogen) atoms. The number of fused-ring (bicyclic) bond motifs is 1. The quantitative estimate of drug-likeness (QED) is 0.0902. The van der Waals surface area contributed by atoms with Gasteiger partial charge in [0.2, 0.25) is 23.6 Å². The first-order valence-electron chi connectivity index (χ1n) is 13.7. The Kier molecular flexibility index (Phi) is 13.7. The summed E-state index contributed by atoms with van der Waals surface area (Å²) in [5.41, 5.74) is 24.2. The topological polar surface area (TPSA) is 262 Å². The van der Waals surface area contributed by atoms with E-state index in [1.54, 1.807) is 6.20 Å².